The van der Waals surface area contributed by atoms with Gasteiger partial charge in [0.15, 0.2) is 0 Å². The highest BCUT2D eigenvalue weighted by atomic mass is 16.4. The zero-order chi connectivity index (χ0) is 23.8. The van der Waals surface area contributed by atoms with E-state index in [9.17, 15) is 19.8 Å². The molecule has 0 aliphatic heterocycles. The van der Waals surface area contributed by atoms with E-state index >= 15 is 0 Å². The molecule has 6 nitrogen and oxygen atoms in total. The van der Waals surface area contributed by atoms with E-state index in [2.05, 4.69) is 39.9 Å². The van der Waals surface area contributed by atoms with Crippen LogP contribution in [0.15, 0.2) is 0 Å². The van der Waals surface area contributed by atoms with Gasteiger partial charge in [0.05, 0.1) is 12.2 Å². The lowest BCUT2D eigenvalue weighted by Crippen LogP contribution is -2.55. The number of carbonyl (C=O) groups excluding carboxylic acids is 1. The molecule has 0 aromatic carbocycles. The summed E-state index contributed by atoms with van der Waals surface area (Å²) in [5.74, 6) is 1.19. The van der Waals surface area contributed by atoms with E-state index in [1.807, 2.05) is 0 Å². The van der Waals surface area contributed by atoms with Crippen molar-refractivity contribution in [1.29, 1.82) is 0 Å². The molecule has 6 heteroatoms. The lowest BCUT2D eigenvalue weighted by molar-refractivity contribution is -0.142. The Morgan fingerprint density at radius 1 is 1.09 bits per heavy atom. The monoisotopic (exact) mass is 451 g/mol. The fraction of sp³-hybridized carbons (Fsp3) is 0.923. The quantitative estimate of drug-likeness (QED) is 0.470. The topological polar surface area (TPSA) is 107 Å². The minimum absolute atomic E-state index is 0.0776. The van der Waals surface area contributed by atoms with E-state index in [0.29, 0.717) is 36.0 Å². The summed E-state index contributed by atoms with van der Waals surface area (Å²) in [4.78, 5) is 22.6. The second-order valence-electron chi connectivity index (χ2n) is 12.1. The lowest BCUT2D eigenvalue weighted by Gasteiger charge is -2.58. The van der Waals surface area contributed by atoms with Crippen LogP contribution in [0.25, 0.3) is 0 Å². The van der Waals surface area contributed by atoms with Gasteiger partial charge in [-0.05, 0) is 91.3 Å². The third-order valence-corrected chi connectivity index (χ3v) is 10.2. The smallest absolute Gasteiger partial charge is 0.322 e. The zero-order valence-corrected chi connectivity index (χ0v) is 20.6. The molecule has 4 N–H and O–H groups in total. The molecule has 3 aliphatic rings. The average molecular weight is 452 g/mol. The number of fused-ring (bicyclic) bond motifs is 1. The van der Waals surface area contributed by atoms with Gasteiger partial charge in [0, 0.05) is 6.42 Å². The van der Waals surface area contributed by atoms with Crippen LogP contribution in [-0.4, -0.2) is 45.9 Å². The van der Waals surface area contributed by atoms with E-state index in [1.54, 1.807) is 0 Å². The van der Waals surface area contributed by atoms with Crippen LogP contribution < -0.4 is 5.32 Å². The highest BCUT2D eigenvalue weighted by Crippen LogP contribution is 2.62. The van der Waals surface area contributed by atoms with E-state index in [-0.39, 0.29) is 41.4 Å². The van der Waals surface area contributed by atoms with Crippen molar-refractivity contribution in [1.82, 2.24) is 5.32 Å². The van der Waals surface area contributed by atoms with Crippen LogP contribution in [0.2, 0.25) is 0 Å². The molecule has 3 saturated carbocycles. The number of carboxylic acids is 1. The standard InChI is InChI=1S/C26H45NO5/c1-15(6-9-22(30)27-14-23(31)32)19-7-8-20(25(19,3)4)24-16(2)26(5)11-10-18(28)12-17(26)13-21(24)29/h15-21,24,28-29H,6-14H2,1-5H3,(H,27,30)(H,31,32)/t15-,16+,17+,18-,19-,20+,21-,24-,26-/m1/s1. The molecule has 0 radical (unpaired) electrons. The first kappa shape index (κ1) is 25.5. The number of carbonyl (C=O) groups is 2. The number of rotatable bonds is 7. The second-order valence-corrected chi connectivity index (χ2v) is 12.1. The summed E-state index contributed by atoms with van der Waals surface area (Å²) >= 11 is 0. The van der Waals surface area contributed by atoms with Crippen LogP contribution in [0.3, 0.4) is 0 Å². The van der Waals surface area contributed by atoms with Gasteiger partial charge in [-0.3, -0.25) is 9.59 Å². The maximum absolute atomic E-state index is 12.0. The normalized spacial score (nSPS) is 42.2. The van der Waals surface area contributed by atoms with Crippen LogP contribution in [0.5, 0.6) is 0 Å². The predicted octanol–water partition coefficient (Wildman–Crippen LogP) is 3.84. The molecule has 3 aliphatic carbocycles. The number of hydrogen-bond donors (Lipinski definition) is 4. The molecule has 0 aromatic heterocycles. The number of aliphatic hydroxyl groups excluding tert-OH is 2. The van der Waals surface area contributed by atoms with Crippen LogP contribution in [0, 0.1) is 46.3 Å². The van der Waals surface area contributed by atoms with Gasteiger partial charge in [0.1, 0.15) is 6.54 Å². The molecule has 184 valence electrons. The van der Waals surface area contributed by atoms with Gasteiger partial charge < -0.3 is 20.6 Å². The summed E-state index contributed by atoms with van der Waals surface area (Å²) < 4.78 is 0. The molecule has 0 saturated heterocycles. The molecular formula is C26H45NO5. The molecule has 0 unspecified atom stereocenters. The van der Waals surface area contributed by atoms with Gasteiger partial charge in [-0.15, -0.1) is 0 Å². The van der Waals surface area contributed by atoms with Crippen LogP contribution in [0.4, 0.5) is 0 Å². The third-order valence-electron chi connectivity index (χ3n) is 10.2. The van der Waals surface area contributed by atoms with Crippen LogP contribution >= 0.6 is 0 Å². The second kappa shape index (κ2) is 9.61. The summed E-state index contributed by atoms with van der Waals surface area (Å²) in [6, 6.07) is 0. The highest BCUT2D eigenvalue weighted by molar-refractivity contribution is 5.81. The molecule has 0 aromatic rings. The van der Waals surface area contributed by atoms with Crippen molar-refractivity contribution in [3.63, 3.8) is 0 Å². The Kier molecular flexibility index (Phi) is 7.66. The summed E-state index contributed by atoms with van der Waals surface area (Å²) in [6.07, 6.45) is 6.36. The zero-order valence-electron chi connectivity index (χ0n) is 20.6. The number of carboxylic acid groups (broad SMARTS) is 1. The van der Waals surface area contributed by atoms with Crippen molar-refractivity contribution in [3.8, 4) is 0 Å². The van der Waals surface area contributed by atoms with Crippen LogP contribution in [0.1, 0.15) is 86.0 Å². The number of hydrogen-bond acceptors (Lipinski definition) is 4. The van der Waals surface area contributed by atoms with Crippen molar-refractivity contribution in [3.05, 3.63) is 0 Å². The Balaban J connectivity index is 1.66. The maximum Gasteiger partial charge on any atom is 0.322 e. The molecule has 1 amide bonds. The molecule has 0 spiro atoms. The summed E-state index contributed by atoms with van der Waals surface area (Å²) in [5, 5.41) is 32.7. The first-order valence-electron chi connectivity index (χ1n) is 12.7. The third kappa shape index (κ3) is 4.86. The Labute approximate surface area is 193 Å². The van der Waals surface area contributed by atoms with Crippen LogP contribution in [-0.2, 0) is 9.59 Å². The van der Waals surface area contributed by atoms with E-state index in [0.717, 1.165) is 44.9 Å². The average Bonchev–Trinajstić information content (AvgIpc) is 3.01. The van der Waals surface area contributed by atoms with Crippen molar-refractivity contribution in [2.45, 2.75) is 98.2 Å². The lowest BCUT2D eigenvalue weighted by atomic mass is 9.48. The highest BCUT2D eigenvalue weighted by Gasteiger charge is 2.57. The van der Waals surface area contributed by atoms with E-state index < -0.39 is 5.97 Å². The SMILES string of the molecule is C[C@H](CCC(=O)NCC(=O)O)[C@H]1CC[C@@H]([C@@H]2[C@H](O)C[C@@H]3C[C@H](O)CC[C@]3(C)[C@H]2C)C1(C)C. The van der Waals surface area contributed by atoms with E-state index in [1.165, 1.54) is 0 Å². The Morgan fingerprint density at radius 2 is 1.78 bits per heavy atom. The number of aliphatic hydroxyl groups is 2. The van der Waals surface area contributed by atoms with E-state index in [4.69, 9.17) is 5.11 Å². The fourth-order valence-corrected chi connectivity index (χ4v) is 8.11. The Hall–Kier alpha value is -1.14. The molecular weight excluding hydrogens is 406 g/mol. The molecule has 32 heavy (non-hydrogen) atoms. The number of nitrogens with one attached hydrogen (secondary N) is 1. The molecule has 0 heterocycles. The molecule has 3 fully saturated rings. The van der Waals surface area contributed by atoms with Crippen molar-refractivity contribution in [2.75, 3.05) is 6.54 Å². The Morgan fingerprint density at radius 3 is 2.44 bits per heavy atom. The summed E-state index contributed by atoms with van der Waals surface area (Å²) in [5.41, 5.74) is 0.263. The molecule has 3 rings (SSSR count). The van der Waals surface area contributed by atoms with Crippen molar-refractivity contribution in [2.24, 2.45) is 46.3 Å². The van der Waals surface area contributed by atoms with Gasteiger partial charge in [0.2, 0.25) is 5.91 Å². The molecule has 9 atom stereocenters. The Bertz CT molecular complexity index is 694. The van der Waals surface area contributed by atoms with Gasteiger partial charge in [-0.2, -0.15) is 0 Å². The fourth-order valence-electron chi connectivity index (χ4n) is 8.11. The number of aliphatic carboxylic acids is 1. The van der Waals surface area contributed by atoms with Crippen molar-refractivity contribution >= 4 is 11.9 Å². The first-order chi connectivity index (χ1) is 14.9. The minimum Gasteiger partial charge on any atom is -0.480 e. The number of amides is 1. The van der Waals surface area contributed by atoms with Gasteiger partial charge in [-0.1, -0.05) is 34.6 Å². The van der Waals surface area contributed by atoms with Crippen molar-refractivity contribution < 1.29 is 24.9 Å². The first-order valence-corrected chi connectivity index (χ1v) is 12.7. The minimum atomic E-state index is -1.02. The largest absolute Gasteiger partial charge is 0.480 e. The summed E-state index contributed by atoms with van der Waals surface area (Å²) in [7, 11) is 0. The molecule has 0 bridgehead atoms. The summed E-state index contributed by atoms with van der Waals surface area (Å²) in [6.45, 7) is 11.4. The maximum atomic E-state index is 12.0. The van der Waals surface area contributed by atoms with Gasteiger partial charge in [-0.25, -0.2) is 0 Å². The van der Waals surface area contributed by atoms with Gasteiger partial charge >= 0.3 is 5.97 Å². The van der Waals surface area contributed by atoms with Gasteiger partial charge in [0.25, 0.3) is 0 Å². The predicted molar refractivity (Wildman–Crippen MR) is 124 cm³/mol.